The summed E-state index contributed by atoms with van der Waals surface area (Å²) < 4.78 is 10.8. The highest BCUT2D eigenvalue weighted by Crippen LogP contribution is 2.28. The summed E-state index contributed by atoms with van der Waals surface area (Å²) in [6, 6.07) is 7.16. The maximum atomic E-state index is 12.0. The van der Waals surface area contributed by atoms with Crippen LogP contribution < -0.4 is 14.8 Å². The number of carbonyl (C=O) groups excluding carboxylic acids is 1. The lowest BCUT2D eigenvalue weighted by Gasteiger charge is -2.07. The van der Waals surface area contributed by atoms with Crippen molar-refractivity contribution in [1.82, 2.24) is 10.2 Å². The van der Waals surface area contributed by atoms with Gasteiger partial charge in [-0.1, -0.05) is 25.2 Å². The summed E-state index contributed by atoms with van der Waals surface area (Å²) in [6.07, 6.45) is 2.03. The average molecular weight is 349 g/mol. The molecule has 130 valence electrons. The van der Waals surface area contributed by atoms with E-state index in [9.17, 15) is 4.79 Å². The number of hydrogen-bond donors (Lipinski definition) is 1. The molecule has 0 unspecified atom stereocenters. The molecule has 0 aliphatic rings. The van der Waals surface area contributed by atoms with Gasteiger partial charge in [0.2, 0.25) is 5.13 Å². The normalized spacial score (nSPS) is 10.7. The number of aromatic nitrogens is 2. The van der Waals surface area contributed by atoms with Gasteiger partial charge in [-0.3, -0.25) is 10.1 Å². The number of carbonyl (C=O) groups is 1. The summed E-state index contributed by atoms with van der Waals surface area (Å²) in [5, 5.41) is 12.4. The Kier molecular flexibility index (Phi) is 6.99. The molecule has 0 fully saturated rings. The molecular weight excluding hydrogens is 326 g/mol. The fourth-order valence-corrected chi connectivity index (χ4v) is 3.22. The molecule has 7 heteroatoms. The van der Waals surface area contributed by atoms with Gasteiger partial charge in [-0.2, -0.15) is 0 Å². The molecule has 0 saturated carbocycles. The third-order valence-electron chi connectivity index (χ3n) is 3.53. The van der Waals surface area contributed by atoms with E-state index in [0.29, 0.717) is 23.4 Å². The summed E-state index contributed by atoms with van der Waals surface area (Å²) in [5.74, 6) is 1.53. The lowest BCUT2D eigenvalue weighted by molar-refractivity contribution is -0.118. The highest BCUT2D eigenvalue weighted by atomic mass is 32.1. The van der Waals surface area contributed by atoms with Crippen molar-refractivity contribution in [2.45, 2.75) is 39.5 Å². The van der Waals surface area contributed by atoms with E-state index in [1.807, 2.05) is 19.1 Å². The topological polar surface area (TPSA) is 73.3 Å². The monoisotopic (exact) mass is 349 g/mol. The molecule has 6 nitrogen and oxygen atoms in total. The van der Waals surface area contributed by atoms with Gasteiger partial charge in [-0.25, -0.2) is 0 Å². The number of benzene rings is 1. The smallest absolute Gasteiger partial charge is 0.264 e. The van der Waals surface area contributed by atoms with Crippen LogP contribution in [0.2, 0.25) is 0 Å². The van der Waals surface area contributed by atoms with Crippen LogP contribution in [0.1, 0.15) is 44.5 Å². The van der Waals surface area contributed by atoms with Crippen molar-refractivity contribution in [3.8, 4) is 11.5 Å². The van der Waals surface area contributed by atoms with Crippen molar-refractivity contribution in [3.63, 3.8) is 0 Å². The molecular formula is C17H23N3O3S. The van der Waals surface area contributed by atoms with Crippen LogP contribution in [0.15, 0.2) is 24.3 Å². The zero-order valence-electron chi connectivity index (χ0n) is 14.2. The van der Waals surface area contributed by atoms with E-state index in [4.69, 9.17) is 9.47 Å². The summed E-state index contributed by atoms with van der Waals surface area (Å²) >= 11 is 1.42. The fraction of sp³-hybridized carbons (Fsp3) is 0.471. The second-order valence-electron chi connectivity index (χ2n) is 5.20. The van der Waals surface area contributed by atoms with E-state index in [-0.39, 0.29) is 12.5 Å². The Hall–Kier alpha value is -2.15. The molecule has 1 N–H and O–H groups in total. The largest absolute Gasteiger partial charge is 0.494 e. The van der Waals surface area contributed by atoms with Gasteiger partial charge in [-0.15, -0.1) is 10.2 Å². The van der Waals surface area contributed by atoms with Crippen LogP contribution in [0.3, 0.4) is 0 Å². The van der Waals surface area contributed by atoms with E-state index in [1.165, 1.54) is 11.3 Å². The van der Waals surface area contributed by atoms with E-state index in [0.717, 1.165) is 23.6 Å². The minimum atomic E-state index is -0.254. The predicted molar refractivity (Wildman–Crippen MR) is 95.0 cm³/mol. The first-order valence-corrected chi connectivity index (χ1v) is 8.96. The van der Waals surface area contributed by atoms with E-state index < -0.39 is 0 Å². The van der Waals surface area contributed by atoms with Gasteiger partial charge in [0.1, 0.15) is 16.5 Å². The molecule has 2 aromatic rings. The minimum Gasteiger partial charge on any atom is -0.494 e. The molecule has 1 heterocycles. The zero-order valence-corrected chi connectivity index (χ0v) is 15.1. The summed E-state index contributed by atoms with van der Waals surface area (Å²) in [7, 11) is 0. The predicted octanol–water partition coefficient (Wildman–Crippen LogP) is 3.86. The molecule has 0 aliphatic carbocycles. The van der Waals surface area contributed by atoms with Crippen molar-refractivity contribution in [2.24, 2.45) is 0 Å². The summed E-state index contributed by atoms with van der Waals surface area (Å²) in [5.41, 5.74) is 0. The van der Waals surface area contributed by atoms with Crippen LogP contribution in [0.25, 0.3) is 0 Å². The number of ether oxygens (including phenoxy) is 2. The van der Waals surface area contributed by atoms with Crippen LogP contribution in [0, 0.1) is 0 Å². The van der Waals surface area contributed by atoms with Crippen molar-refractivity contribution in [3.05, 3.63) is 29.3 Å². The van der Waals surface area contributed by atoms with Crippen molar-refractivity contribution >= 4 is 22.4 Å². The maximum absolute atomic E-state index is 12.0. The van der Waals surface area contributed by atoms with Crippen LogP contribution in [-0.4, -0.2) is 29.3 Å². The molecule has 2 rings (SSSR count). The number of hydrogen-bond acceptors (Lipinski definition) is 6. The van der Waals surface area contributed by atoms with Gasteiger partial charge in [0.15, 0.2) is 6.61 Å². The molecule has 0 radical (unpaired) electrons. The molecule has 1 aromatic heterocycles. The first kappa shape index (κ1) is 18.2. The average Bonchev–Trinajstić information content (AvgIpc) is 3.04. The Bertz CT molecular complexity index is 639. The van der Waals surface area contributed by atoms with E-state index >= 15 is 0 Å². The Labute approximate surface area is 146 Å². The van der Waals surface area contributed by atoms with Crippen LogP contribution in [0.5, 0.6) is 11.5 Å². The van der Waals surface area contributed by atoms with Gasteiger partial charge in [0, 0.05) is 5.92 Å². The molecule has 0 saturated heterocycles. The number of anilines is 1. The van der Waals surface area contributed by atoms with Crippen molar-refractivity contribution in [2.75, 3.05) is 18.5 Å². The second-order valence-corrected chi connectivity index (χ2v) is 6.21. The number of rotatable bonds is 9. The molecule has 0 aliphatic heterocycles. The molecule has 24 heavy (non-hydrogen) atoms. The first-order chi connectivity index (χ1) is 11.7. The lowest BCUT2D eigenvalue weighted by atomic mass is 10.1. The number of nitrogens with zero attached hydrogens (tertiary/aromatic N) is 2. The maximum Gasteiger partial charge on any atom is 0.264 e. The van der Waals surface area contributed by atoms with E-state index in [2.05, 4.69) is 29.4 Å². The Balaban J connectivity index is 1.82. The van der Waals surface area contributed by atoms with Gasteiger partial charge in [0.25, 0.3) is 5.91 Å². The van der Waals surface area contributed by atoms with E-state index in [1.54, 1.807) is 12.1 Å². The fourth-order valence-electron chi connectivity index (χ4n) is 2.19. The Morgan fingerprint density at radius 1 is 1.08 bits per heavy atom. The summed E-state index contributed by atoms with van der Waals surface area (Å²) in [6.45, 7) is 6.71. The molecule has 1 aromatic carbocycles. The third-order valence-corrected chi connectivity index (χ3v) is 4.53. The Morgan fingerprint density at radius 3 is 2.29 bits per heavy atom. The minimum absolute atomic E-state index is 0.0755. The first-order valence-electron chi connectivity index (χ1n) is 8.15. The number of amides is 1. The third kappa shape index (κ3) is 5.19. The lowest BCUT2D eigenvalue weighted by Crippen LogP contribution is -2.20. The highest BCUT2D eigenvalue weighted by Gasteiger charge is 2.14. The van der Waals surface area contributed by atoms with Crippen LogP contribution >= 0.6 is 11.3 Å². The Morgan fingerprint density at radius 2 is 1.71 bits per heavy atom. The highest BCUT2D eigenvalue weighted by molar-refractivity contribution is 7.15. The van der Waals surface area contributed by atoms with Gasteiger partial charge in [0.05, 0.1) is 6.61 Å². The molecule has 0 atom stereocenters. The number of nitrogens with one attached hydrogen (secondary N) is 1. The van der Waals surface area contributed by atoms with Crippen molar-refractivity contribution < 1.29 is 14.3 Å². The molecule has 0 bridgehead atoms. The van der Waals surface area contributed by atoms with Gasteiger partial charge < -0.3 is 9.47 Å². The van der Waals surface area contributed by atoms with Gasteiger partial charge in [-0.05, 0) is 44.0 Å². The van der Waals surface area contributed by atoms with Crippen LogP contribution in [0.4, 0.5) is 5.13 Å². The second kappa shape index (κ2) is 9.22. The molecule has 1 amide bonds. The molecule has 0 spiro atoms. The van der Waals surface area contributed by atoms with Gasteiger partial charge >= 0.3 is 0 Å². The van der Waals surface area contributed by atoms with Crippen LogP contribution in [-0.2, 0) is 4.79 Å². The standard InChI is InChI=1S/C17H23N3O3S/c1-4-12(5-2)16-19-20-17(24-16)18-15(21)11-23-14-9-7-13(8-10-14)22-6-3/h7-10,12H,4-6,11H2,1-3H3,(H,18,20,21). The summed E-state index contributed by atoms with van der Waals surface area (Å²) in [4.78, 5) is 12.0. The SMILES string of the molecule is CCOc1ccc(OCC(=O)Nc2nnc(C(CC)CC)s2)cc1. The van der Waals surface area contributed by atoms with Crippen molar-refractivity contribution in [1.29, 1.82) is 0 Å². The zero-order chi connectivity index (χ0) is 17.4. The quantitative estimate of drug-likeness (QED) is 0.744.